The van der Waals surface area contributed by atoms with Crippen LogP contribution < -0.4 is 27.1 Å². The fourth-order valence-corrected chi connectivity index (χ4v) is 4.31. The van der Waals surface area contributed by atoms with E-state index in [1.165, 1.54) is 0 Å². The molecule has 0 saturated carbocycles. The molecule has 0 spiro atoms. The first-order chi connectivity index (χ1) is 18.5. The van der Waals surface area contributed by atoms with Crippen LogP contribution in [0.25, 0.3) is 0 Å². The second-order valence-corrected chi connectivity index (χ2v) is 16.7. The van der Waals surface area contributed by atoms with E-state index in [1.807, 2.05) is 27.7 Å². The Morgan fingerprint density at radius 3 is 0.522 bits per heavy atom. The van der Waals surface area contributed by atoms with Gasteiger partial charge in [-0.3, -0.25) is 28.2 Å². The molecular formula is C16H42F6O18Sb6-8. The van der Waals surface area contributed by atoms with E-state index in [1.54, 1.807) is 0 Å². The fraction of sp³-hybridized carbons (Fsp3) is 1.00. The van der Waals surface area contributed by atoms with Gasteiger partial charge in [0.25, 0.3) is 0 Å². The molecule has 294 valence electrons. The Balaban J connectivity index is -0.0000000299. The van der Waals surface area contributed by atoms with Crippen molar-refractivity contribution in [2.75, 3.05) is 26.4 Å². The van der Waals surface area contributed by atoms with E-state index in [-0.39, 0.29) is 28.2 Å². The molecule has 0 N–H and O–H groups in total. The molecule has 0 rings (SSSR count). The molecule has 6 radical (unpaired) electrons. The summed E-state index contributed by atoms with van der Waals surface area (Å²) < 4.78 is 147. The maximum absolute atomic E-state index is 9.81. The minimum atomic E-state index is -4.20. The summed E-state index contributed by atoms with van der Waals surface area (Å²) in [5.74, 6) is 0. The first-order valence-corrected chi connectivity index (χ1v) is 30.0. The van der Waals surface area contributed by atoms with Crippen molar-refractivity contribution in [2.24, 2.45) is 0 Å². The van der Waals surface area contributed by atoms with Crippen molar-refractivity contribution in [1.29, 1.82) is 0 Å². The summed E-state index contributed by atoms with van der Waals surface area (Å²) in [7, 11) is 0. The van der Waals surface area contributed by atoms with Crippen LogP contribution in [0.3, 0.4) is 0 Å². The van der Waals surface area contributed by atoms with Gasteiger partial charge in [-0.25, -0.2) is 0 Å². The van der Waals surface area contributed by atoms with Gasteiger partial charge in [-0.1, -0.05) is 0 Å². The molecule has 0 aromatic rings. The van der Waals surface area contributed by atoms with E-state index >= 15 is 0 Å². The average Bonchev–Trinajstić information content (AvgIpc) is 2.80. The molecule has 0 saturated heterocycles. The van der Waals surface area contributed by atoms with Crippen molar-refractivity contribution in [2.45, 2.75) is 79.1 Å². The molecule has 0 fully saturated rings. The molecule has 18 nitrogen and oxygen atoms in total. The first-order valence-electron chi connectivity index (χ1n) is 11.3. The molecule has 0 bridgehead atoms. The predicted molar refractivity (Wildman–Crippen MR) is 137 cm³/mol. The Morgan fingerprint density at radius 2 is 0.457 bits per heavy atom. The average molecular weight is 1370 g/mol. The van der Waals surface area contributed by atoms with Gasteiger partial charge in [0.15, 0.2) is 0 Å². The zero-order valence-electron chi connectivity index (χ0n) is 25.0. The Morgan fingerprint density at radius 1 is 0.348 bits per heavy atom. The Bertz CT molecular complexity index is 553. The summed E-state index contributed by atoms with van der Waals surface area (Å²) in [5, 5.41) is 0. The summed E-state index contributed by atoms with van der Waals surface area (Å²) in [6.45, 7) is 9.47. The number of hydrogen-bond donors (Lipinski definition) is 0. The molecule has 0 heterocycles. The Labute approximate surface area is 313 Å². The van der Waals surface area contributed by atoms with Crippen molar-refractivity contribution in [3.05, 3.63) is 0 Å². The van der Waals surface area contributed by atoms with Crippen molar-refractivity contribution in [3.8, 4) is 0 Å². The fourth-order valence-electron chi connectivity index (χ4n) is 1.13. The zero-order valence-corrected chi connectivity index (χ0v) is 40.3. The molecule has 0 aromatic heterocycles. The van der Waals surface area contributed by atoms with Crippen molar-refractivity contribution in [3.63, 3.8) is 0 Å². The van der Waals surface area contributed by atoms with Crippen molar-refractivity contribution in [1.82, 2.24) is 0 Å². The third-order valence-electron chi connectivity index (χ3n) is 2.78. The Kier molecular flexibility index (Phi) is 138. The minimum absolute atomic E-state index is 0. The summed E-state index contributed by atoms with van der Waals surface area (Å²) in [4.78, 5) is 0. The van der Waals surface area contributed by atoms with Gasteiger partial charge >= 0.3 is 289 Å². The summed E-state index contributed by atoms with van der Waals surface area (Å²) in [6.07, 6.45) is 7.28. The second-order valence-electron chi connectivity index (χ2n) is 6.09. The first kappa shape index (κ1) is 82.3. The van der Waals surface area contributed by atoms with Gasteiger partial charge in [0.1, 0.15) is 0 Å². The van der Waals surface area contributed by atoms with Crippen LogP contribution in [-0.2, 0) is 30.2 Å². The summed E-state index contributed by atoms with van der Waals surface area (Å²) in [6, 6.07) is 0. The van der Waals surface area contributed by atoms with E-state index in [2.05, 4.69) is 12.1 Å². The van der Waals surface area contributed by atoms with Gasteiger partial charge in [0.2, 0.25) is 0 Å². The van der Waals surface area contributed by atoms with Crippen LogP contribution in [0, 0.1) is 0 Å². The van der Waals surface area contributed by atoms with E-state index in [0.717, 1.165) is 51.4 Å². The third-order valence-corrected chi connectivity index (χ3v) is 7.27. The van der Waals surface area contributed by atoms with Gasteiger partial charge in [-0.15, -0.1) is 0 Å². The molecular weight excluding hydrogens is 1320 g/mol. The number of halogens is 6. The van der Waals surface area contributed by atoms with Gasteiger partial charge in [-0.2, -0.15) is 0 Å². The van der Waals surface area contributed by atoms with Gasteiger partial charge in [0.05, 0.1) is 0 Å². The molecule has 0 amide bonds. The van der Waals surface area contributed by atoms with Crippen LogP contribution in [-0.4, -0.2) is 153 Å². The molecule has 0 aliphatic carbocycles. The summed E-state index contributed by atoms with van der Waals surface area (Å²) >= 11 is -22.6. The van der Waals surface area contributed by atoms with E-state index in [9.17, 15) is 25.6 Å². The Hall–Kier alpha value is 2.81. The van der Waals surface area contributed by atoms with E-state index < -0.39 is 126 Å². The molecule has 0 unspecified atom stereocenters. The van der Waals surface area contributed by atoms with Gasteiger partial charge < -0.3 is 0 Å². The van der Waals surface area contributed by atoms with Gasteiger partial charge in [-0.05, 0) is 0 Å². The quantitative estimate of drug-likeness (QED) is 0.0788. The SMILES string of the molecule is CCCC[O][Sb](=[O])[O-].CCCC[O][Sb](=[O])[O-].CCCC[O][Sb](=[O])[O-].CCCC[O][Sb](=[O])[O-].F.F.F.F.F.F.[O]=[Sb]([O-])[O-].[O]=[Sb]([O-])[O-]. The van der Waals surface area contributed by atoms with Gasteiger partial charge in [0, 0.05) is 0 Å². The molecule has 0 aromatic carbocycles. The van der Waals surface area contributed by atoms with E-state index in [4.69, 9.17) is 19.6 Å². The van der Waals surface area contributed by atoms with Crippen LogP contribution in [0.1, 0.15) is 79.1 Å². The van der Waals surface area contributed by atoms with Crippen LogP contribution >= 0.6 is 0 Å². The van der Waals surface area contributed by atoms with Crippen LogP contribution in [0.2, 0.25) is 0 Å². The van der Waals surface area contributed by atoms with Crippen molar-refractivity contribution >= 4 is 126 Å². The van der Waals surface area contributed by atoms with Crippen LogP contribution in [0.5, 0.6) is 0 Å². The standard InChI is InChI=1S/4C4H9O.6FH.14O.6Sb/c4*1-2-3-4-5;;;;;;;;;;;;;;;;;;;;;;;;;;/h4*2-4H2,1H3;6*1H;;;;;;;;;;;;;;;;;;;;/q4*-1;;;;;;;;;;;;;8*-1;;;4*+1. The number of rotatable bonds is 16. The number of hydrogen-bond acceptors (Lipinski definition) is 18. The maximum atomic E-state index is 9.81. The van der Waals surface area contributed by atoms with Crippen molar-refractivity contribution < 1.29 is 85.5 Å². The monoisotopic (exact) mass is 1360 g/mol. The number of unbranched alkanes of at least 4 members (excludes halogenated alkanes) is 4. The van der Waals surface area contributed by atoms with E-state index in [0.29, 0.717) is 26.4 Å². The normalized spacial score (nSPS) is 7.57. The topological polar surface area (TPSA) is 324 Å². The third kappa shape index (κ3) is 189. The van der Waals surface area contributed by atoms with Crippen LogP contribution in [0.15, 0.2) is 0 Å². The molecule has 0 atom stereocenters. The molecule has 0 aliphatic heterocycles. The predicted octanol–water partition coefficient (Wildman–Crippen LogP) is -6.52. The zero-order chi connectivity index (χ0) is 32.8. The molecule has 46 heavy (non-hydrogen) atoms. The molecule has 0 aliphatic rings. The second kappa shape index (κ2) is 77.3. The molecule has 30 heteroatoms. The summed E-state index contributed by atoms with van der Waals surface area (Å²) in [5.41, 5.74) is 0. The van der Waals surface area contributed by atoms with Crippen LogP contribution in [0.4, 0.5) is 28.2 Å².